The van der Waals surface area contributed by atoms with Crippen LogP contribution in [0.4, 0.5) is 0 Å². The van der Waals surface area contributed by atoms with E-state index < -0.39 is 0 Å². The van der Waals surface area contributed by atoms with Crippen molar-refractivity contribution in [2.24, 2.45) is 11.8 Å². The van der Waals surface area contributed by atoms with Gasteiger partial charge in [0.15, 0.2) is 0 Å². The first-order valence-corrected chi connectivity index (χ1v) is 8.78. The number of rotatable bonds is 5. The highest BCUT2D eigenvalue weighted by molar-refractivity contribution is 4.96. The Balaban J connectivity index is 1.43. The smallest absolute Gasteiger partial charge is 0.122 e. The lowest BCUT2D eigenvalue weighted by atomic mass is 9.95. The predicted molar refractivity (Wildman–Crippen MR) is 84.0 cm³/mol. The summed E-state index contributed by atoms with van der Waals surface area (Å²) in [7, 11) is 0. The Labute approximate surface area is 128 Å². The summed E-state index contributed by atoms with van der Waals surface area (Å²) in [6.45, 7) is 9.51. The number of aromatic nitrogens is 2. The van der Waals surface area contributed by atoms with Crippen molar-refractivity contribution in [1.82, 2.24) is 19.4 Å². The van der Waals surface area contributed by atoms with Gasteiger partial charge < -0.3 is 4.57 Å². The number of fused-ring (bicyclic) bond motifs is 4. The molecule has 4 fully saturated rings. The van der Waals surface area contributed by atoms with E-state index in [1.54, 1.807) is 0 Å². The van der Waals surface area contributed by atoms with Crippen LogP contribution in [0.15, 0.2) is 12.4 Å². The van der Waals surface area contributed by atoms with Crippen molar-refractivity contribution in [3.63, 3.8) is 0 Å². The summed E-state index contributed by atoms with van der Waals surface area (Å²) < 4.78 is 2.29. The standard InChI is InChI=1S/C17H28N4/c1-2-20-8-7-18-17(20)13-19-9-15-5-6-16(12-19)21(11-15)10-14-3-4-14/h7-8,14-16H,2-6,9-13H2,1H3/t15-,16+/m0/s1. The Hall–Kier alpha value is -0.870. The molecule has 0 spiro atoms. The molecule has 2 atom stereocenters. The van der Waals surface area contributed by atoms with Crippen LogP contribution in [0.2, 0.25) is 0 Å². The molecule has 0 N–H and O–H groups in total. The molecule has 5 rings (SSSR count). The van der Waals surface area contributed by atoms with Crippen LogP contribution in [0.5, 0.6) is 0 Å². The van der Waals surface area contributed by atoms with Crippen LogP contribution < -0.4 is 0 Å². The number of hydrogen-bond donors (Lipinski definition) is 0. The van der Waals surface area contributed by atoms with Gasteiger partial charge in [-0.25, -0.2) is 4.98 Å². The summed E-state index contributed by atoms with van der Waals surface area (Å²) in [5.41, 5.74) is 0. The van der Waals surface area contributed by atoms with Gasteiger partial charge in [0.2, 0.25) is 0 Å². The zero-order chi connectivity index (χ0) is 14.2. The molecule has 1 aromatic rings. The summed E-state index contributed by atoms with van der Waals surface area (Å²) in [6, 6.07) is 0.800. The van der Waals surface area contributed by atoms with Crippen molar-refractivity contribution in [2.75, 3.05) is 26.2 Å². The lowest BCUT2D eigenvalue weighted by Gasteiger charge is -2.36. The second-order valence-corrected chi connectivity index (χ2v) is 7.32. The van der Waals surface area contributed by atoms with Crippen LogP contribution >= 0.6 is 0 Å². The van der Waals surface area contributed by atoms with Crippen molar-refractivity contribution in [1.29, 1.82) is 0 Å². The first-order valence-electron chi connectivity index (χ1n) is 8.78. The predicted octanol–water partition coefficient (Wildman–Crippen LogP) is 2.21. The number of hydrogen-bond acceptors (Lipinski definition) is 3. The summed E-state index contributed by atoms with van der Waals surface area (Å²) in [5, 5.41) is 0. The highest BCUT2D eigenvalue weighted by Gasteiger charge is 2.37. The summed E-state index contributed by atoms with van der Waals surface area (Å²) >= 11 is 0. The summed E-state index contributed by atoms with van der Waals surface area (Å²) in [5.74, 6) is 3.15. The average Bonchev–Trinajstić information content (AvgIpc) is 3.24. The van der Waals surface area contributed by atoms with E-state index in [-0.39, 0.29) is 0 Å². The number of imidazole rings is 1. The molecule has 1 aliphatic carbocycles. The minimum Gasteiger partial charge on any atom is -0.334 e. The van der Waals surface area contributed by atoms with Crippen molar-refractivity contribution in [3.8, 4) is 0 Å². The second-order valence-electron chi connectivity index (χ2n) is 7.32. The molecule has 1 aromatic heterocycles. The average molecular weight is 288 g/mol. The quantitative estimate of drug-likeness (QED) is 0.830. The number of nitrogens with zero attached hydrogens (tertiary/aromatic N) is 4. The van der Waals surface area contributed by atoms with Gasteiger partial charge >= 0.3 is 0 Å². The zero-order valence-corrected chi connectivity index (χ0v) is 13.2. The third-order valence-electron chi connectivity index (χ3n) is 5.60. The molecule has 4 heterocycles. The molecule has 21 heavy (non-hydrogen) atoms. The van der Waals surface area contributed by atoms with E-state index in [1.165, 1.54) is 57.7 Å². The Morgan fingerprint density at radius 3 is 2.86 bits per heavy atom. The lowest BCUT2D eigenvalue weighted by molar-refractivity contribution is 0.125. The van der Waals surface area contributed by atoms with Crippen molar-refractivity contribution in [2.45, 2.75) is 51.7 Å². The minimum atomic E-state index is 0.800. The van der Waals surface area contributed by atoms with E-state index in [0.29, 0.717) is 0 Å². The molecule has 116 valence electrons. The molecule has 0 aromatic carbocycles. The molecule has 4 aliphatic rings. The molecule has 4 heteroatoms. The molecule has 0 amide bonds. The largest absolute Gasteiger partial charge is 0.334 e. The van der Waals surface area contributed by atoms with Gasteiger partial charge in [0, 0.05) is 51.2 Å². The van der Waals surface area contributed by atoms with E-state index in [0.717, 1.165) is 31.0 Å². The van der Waals surface area contributed by atoms with E-state index in [2.05, 4.69) is 32.5 Å². The number of aryl methyl sites for hydroxylation is 1. The maximum Gasteiger partial charge on any atom is 0.122 e. The first-order chi connectivity index (χ1) is 10.3. The van der Waals surface area contributed by atoms with Gasteiger partial charge in [-0.1, -0.05) is 0 Å². The molecular formula is C17H28N4. The lowest BCUT2D eigenvalue weighted by Crippen LogP contribution is -2.44. The number of piperidine rings is 1. The van der Waals surface area contributed by atoms with Gasteiger partial charge in [-0.05, 0) is 44.4 Å². The van der Waals surface area contributed by atoms with E-state index in [4.69, 9.17) is 0 Å². The van der Waals surface area contributed by atoms with Crippen molar-refractivity contribution >= 4 is 0 Å². The van der Waals surface area contributed by atoms with Crippen molar-refractivity contribution in [3.05, 3.63) is 18.2 Å². The van der Waals surface area contributed by atoms with Gasteiger partial charge in [0.25, 0.3) is 0 Å². The maximum absolute atomic E-state index is 4.57. The maximum atomic E-state index is 4.57. The van der Waals surface area contributed by atoms with Gasteiger partial charge in [-0.2, -0.15) is 0 Å². The van der Waals surface area contributed by atoms with Gasteiger partial charge in [0.1, 0.15) is 5.82 Å². The first kappa shape index (κ1) is 13.8. The molecule has 4 nitrogen and oxygen atoms in total. The van der Waals surface area contributed by atoms with Gasteiger partial charge in [0.05, 0.1) is 6.54 Å². The zero-order valence-electron chi connectivity index (χ0n) is 13.2. The Morgan fingerprint density at radius 1 is 1.14 bits per heavy atom. The minimum absolute atomic E-state index is 0.800. The third kappa shape index (κ3) is 3.02. The molecule has 3 saturated heterocycles. The molecule has 1 saturated carbocycles. The molecule has 0 unspecified atom stereocenters. The Kier molecular flexibility index (Phi) is 3.76. The molecular weight excluding hydrogens is 260 g/mol. The van der Waals surface area contributed by atoms with Crippen LogP contribution in [-0.2, 0) is 13.1 Å². The Bertz CT molecular complexity index is 479. The fraction of sp³-hybridized carbons (Fsp3) is 0.824. The van der Waals surface area contributed by atoms with E-state index >= 15 is 0 Å². The highest BCUT2D eigenvalue weighted by Crippen LogP contribution is 2.35. The topological polar surface area (TPSA) is 24.3 Å². The van der Waals surface area contributed by atoms with Crippen LogP contribution in [0, 0.1) is 11.8 Å². The molecule has 2 bridgehead atoms. The van der Waals surface area contributed by atoms with Crippen LogP contribution in [-0.4, -0.2) is 51.6 Å². The normalized spacial score (nSPS) is 30.7. The third-order valence-corrected chi connectivity index (χ3v) is 5.60. The second kappa shape index (κ2) is 5.73. The van der Waals surface area contributed by atoms with Crippen LogP contribution in [0.25, 0.3) is 0 Å². The fourth-order valence-electron chi connectivity index (χ4n) is 4.24. The van der Waals surface area contributed by atoms with Gasteiger partial charge in [-0.3, -0.25) is 9.80 Å². The highest BCUT2D eigenvalue weighted by atomic mass is 15.3. The summed E-state index contributed by atoms with van der Waals surface area (Å²) in [6.07, 6.45) is 9.86. The molecule has 3 aliphatic heterocycles. The summed E-state index contributed by atoms with van der Waals surface area (Å²) in [4.78, 5) is 10.1. The van der Waals surface area contributed by atoms with Crippen LogP contribution in [0.1, 0.15) is 38.4 Å². The van der Waals surface area contributed by atoms with Crippen LogP contribution in [0.3, 0.4) is 0 Å². The monoisotopic (exact) mass is 288 g/mol. The molecule has 0 radical (unpaired) electrons. The van der Waals surface area contributed by atoms with Crippen molar-refractivity contribution < 1.29 is 0 Å². The van der Waals surface area contributed by atoms with E-state index in [9.17, 15) is 0 Å². The fourth-order valence-corrected chi connectivity index (χ4v) is 4.24. The SMILES string of the molecule is CCn1ccnc1CN1C[C@@H]2CC[C@H](C1)N(CC1CC1)C2. The Morgan fingerprint density at radius 2 is 2.05 bits per heavy atom. The van der Waals surface area contributed by atoms with Gasteiger partial charge in [-0.15, -0.1) is 0 Å². The van der Waals surface area contributed by atoms with E-state index in [1.807, 2.05) is 6.20 Å².